The molecule has 2 aromatic rings. The largest absolute Gasteiger partial charge is 0.325 e. The highest BCUT2D eigenvalue weighted by Crippen LogP contribution is 2.11. The molecule has 0 unspecified atom stereocenters. The molecular weight excluding hydrogens is 260 g/mol. The number of aryl methyl sites for hydroxylation is 1. The first-order valence-corrected chi connectivity index (χ1v) is 7.18. The molecule has 0 heterocycles. The monoisotopic (exact) mass is 282 g/mol. The maximum absolute atomic E-state index is 12.3. The number of hydrogen-bond acceptors (Lipinski definition) is 2. The van der Waals surface area contributed by atoms with Gasteiger partial charge in [-0.1, -0.05) is 48.0 Å². The molecule has 1 amide bonds. The van der Waals surface area contributed by atoms with Gasteiger partial charge in [-0.25, -0.2) is 0 Å². The molecule has 1 atom stereocenters. The third-order valence-electron chi connectivity index (χ3n) is 3.63. The fraction of sp³-hybridized carbons (Fsp3) is 0.278. The van der Waals surface area contributed by atoms with Crippen LogP contribution < -0.4 is 5.32 Å². The molecule has 0 saturated carbocycles. The lowest BCUT2D eigenvalue weighted by molar-refractivity contribution is -0.120. The maximum atomic E-state index is 12.3. The lowest BCUT2D eigenvalue weighted by atomic mass is 10.2. The normalized spacial score (nSPS) is 12.2. The van der Waals surface area contributed by atoms with Gasteiger partial charge in [-0.3, -0.25) is 9.69 Å². The van der Waals surface area contributed by atoms with Gasteiger partial charge in [0, 0.05) is 12.2 Å². The van der Waals surface area contributed by atoms with E-state index in [1.807, 2.05) is 68.3 Å². The molecule has 0 spiro atoms. The topological polar surface area (TPSA) is 32.3 Å². The van der Waals surface area contributed by atoms with Crippen LogP contribution in [0.15, 0.2) is 54.6 Å². The molecule has 21 heavy (non-hydrogen) atoms. The Morgan fingerprint density at radius 3 is 2.33 bits per heavy atom. The second-order valence-electron chi connectivity index (χ2n) is 5.43. The molecule has 0 aliphatic carbocycles. The molecule has 3 heteroatoms. The summed E-state index contributed by atoms with van der Waals surface area (Å²) < 4.78 is 0. The van der Waals surface area contributed by atoms with Gasteiger partial charge in [-0.15, -0.1) is 0 Å². The molecule has 0 saturated heterocycles. The Morgan fingerprint density at radius 2 is 1.71 bits per heavy atom. The molecule has 0 aliphatic heterocycles. The highest BCUT2D eigenvalue weighted by atomic mass is 16.2. The Kier molecular flexibility index (Phi) is 5.12. The number of anilines is 1. The first-order valence-electron chi connectivity index (χ1n) is 7.18. The minimum atomic E-state index is -0.188. The molecule has 0 bridgehead atoms. The van der Waals surface area contributed by atoms with Crippen LogP contribution in [0.4, 0.5) is 5.69 Å². The van der Waals surface area contributed by atoms with Crippen LogP contribution >= 0.6 is 0 Å². The summed E-state index contributed by atoms with van der Waals surface area (Å²) in [5, 5.41) is 2.95. The van der Waals surface area contributed by atoms with Crippen LogP contribution in [0.5, 0.6) is 0 Å². The first-order chi connectivity index (χ1) is 10.1. The van der Waals surface area contributed by atoms with E-state index >= 15 is 0 Å². The lowest BCUT2D eigenvalue weighted by Gasteiger charge is -2.24. The average Bonchev–Trinajstić information content (AvgIpc) is 2.49. The third-order valence-corrected chi connectivity index (χ3v) is 3.63. The van der Waals surface area contributed by atoms with Crippen LogP contribution in [0, 0.1) is 6.92 Å². The summed E-state index contributed by atoms with van der Waals surface area (Å²) >= 11 is 0. The first kappa shape index (κ1) is 15.3. The van der Waals surface area contributed by atoms with Crippen LogP contribution in [-0.2, 0) is 11.3 Å². The molecule has 0 aromatic heterocycles. The number of nitrogens with one attached hydrogen (secondary N) is 1. The fourth-order valence-electron chi connectivity index (χ4n) is 2.09. The number of likely N-dealkylation sites (N-methyl/N-ethyl adjacent to an activating group) is 1. The van der Waals surface area contributed by atoms with Crippen molar-refractivity contribution in [3.63, 3.8) is 0 Å². The summed E-state index contributed by atoms with van der Waals surface area (Å²) in [5.41, 5.74) is 3.22. The Hall–Kier alpha value is -2.13. The average molecular weight is 282 g/mol. The summed E-state index contributed by atoms with van der Waals surface area (Å²) in [6, 6.07) is 17.8. The Bertz CT molecular complexity index is 578. The minimum absolute atomic E-state index is 0.0114. The van der Waals surface area contributed by atoms with E-state index in [0.29, 0.717) is 0 Å². The van der Waals surface area contributed by atoms with Crippen LogP contribution in [0.1, 0.15) is 18.1 Å². The number of hydrogen-bond donors (Lipinski definition) is 1. The van der Waals surface area contributed by atoms with Crippen molar-refractivity contribution in [3.05, 3.63) is 65.7 Å². The van der Waals surface area contributed by atoms with Gasteiger partial charge in [-0.2, -0.15) is 0 Å². The van der Waals surface area contributed by atoms with E-state index in [2.05, 4.69) is 17.4 Å². The van der Waals surface area contributed by atoms with E-state index < -0.39 is 0 Å². The Labute approximate surface area is 126 Å². The van der Waals surface area contributed by atoms with Gasteiger partial charge in [0.2, 0.25) is 5.91 Å². The molecular formula is C18H22N2O. The van der Waals surface area contributed by atoms with Crippen LogP contribution in [0.2, 0.25) is 0 Å². The second-order valence-corrected chi connectivity index (χ2v) is 5.43. The van der Waals surface area contributed by atoms with Crippen molar-refractivity contribution in [3.8, 4) is 0 Å². The number of carbonyl (C=O) groups is 1. The maximum Gasteiger partial charge on any atom is 0.241 e. The quantitative estimate of drug-likeness (QED) is 0.911. The zero-order chi connectivity index (χ0) is 15.2. The van der Waals surface area contributed by atoms with E-state index in [0.717, 1.165) is 12.2 Å². The van der Waals surface area contributed by atoms with Gasteiger partial charge < -0.3 is 5.32 Å². The lowest BCUT2D eigenvalue weighted by Crippen LogP contribution is -2.39. The molecule has 0 fully saturated rings. The zero-order valence-corrected chi connectivity index (χ0v) is 12.8. The fourth-order valence-corrected chi connectivity index (χ4v) is 2.09. The summed E-state index contributed by atoms with van der Waals surface area (Å²) in [6.45, 7) is 4.71. The highest BCUT2D eigenvalue weighted by molar-refractivity contribution is 5.94. The van der Waals surface area contributed by atoms with Crippen molar-refractivity contribution >= 4 is 11.6 Å². The van der Waals surface area contributed by atoms with Gasteiger partial charge >= 0.3 is 0 Å². The molecule has 110 valence electrons. The predicted octanol–water partition coefficient (Wildman–Crippen LogP) is 3.45. The summed E-state index contributed by atoms with van der Waals surface area (Å²) in [7, 11) is 1.96. The van der Waals surface area contributed by atoms with Crippen molar-refractivity contribution in [2.24, 2.45) is 0 Å². The Morgan fingerprint density at radius 1 is 1.10 bits per heavy atom. The van der Waals surface area contributed by atoms with Crippen molar-refractivity contribution in [1.82, 2.24) is 4.90 Å². The van der Waals surface area contributed by atoms with Crippen LogP contribution in [-0.4, -0.2) is 23.9 Å². The summed E-state index contributed by atoms with van der Waals surface area (Å²) in [6.07, 6.45) is 0. The molecule has 2 rings (SSSR count). The van der Waals surface area contributed by atoms with Gasteiger partial charge in [0.1, 0.15) is 0 Å². The van der Waals surface area contributed by atoms with Gasteiger partial charge in [-0.05, 0) is 38.6 Å². The second kappa shape index (κ2) is 7.04. The number of nitrogens with zero attached hydrogens (tertiary/aromatic N) is 1. The van der Waals surface area contributed by atoms with Crippen molar-refractivity contribution in [1.29, 1.82) is 0 Å². The molecule has 3 nitrogen and oxygen atoms in total. The van der Waals surface area contributed by atoms with Crippen molar-refractivity contribution < 1.29 is 4.79 Å². The van der Waals surface area contributed by atoms with E-state index in [1.165, 1.54) is 11.1 Å². The molecule has 2 aromatic carbocycles. The van der Waals surface area contributed by atoms with E-state index in [-0.39, 0.29) is 11.9 Å². The summed E-state index contributed by atoms with van der Waals surface area (Å²) in [4.78, 5) is 14.3. The molecule has 0 radical (unpaired) electrons. The zero-order valence-electron chi connectivity index (χ0n) is 12.8. The Balaban J connectivity index is 1.93. The van der Waals surface area contributed by atoms with Gasteiger partial charge in [0.25, 0.3) is 0 Å². The van der Waals surface area contributed by atoms with Gasteiger partial charge in [0.15, 0.2) is 0 Å². The number of benzene rings is 2. The van der Waals surface area contributed by atoms with Crippen LogP contribution in [0.25, 0.3) is 0 Å². The standard InChI is InChI=1S/C18H22N2O/c1-14-9-11-17(12-10-14)19-18(21)15(2)20(3)13-16-7-5-4-6-8-16/h4-12,15H,13H2,1-3H3,(H,19,21)/t15-/m0/s1. The smallest absolute Gasteiger partial charge is 0.241 e. The highest BCUT2D eigenvalue weighted by Gasteiger charge is 2.18. The predicted molar refractivity (Wildman–Crippen MR) is 87.2 cm³/mol. The SMILES string of the molecule is Cc1ccc(NC(=O)[C@H](C)N(C)Cc2ccccc2)cc1. The van der Waals surface area contributed by atoms with Crippen molar-refractivity contribution in [2.75, 3.05) is 12.4 Å². The van der Waals surface area contributed by atoms with Crippen molar-refractivity contribution in [2.45, 2.75) is 26.4 Å². The molecule has 0 aliphatic rings. The van der Waals surface area contributed by atoms with E-state index in [1.54, 1.807) is 0 Å². The number of rotatable bonds is 5. The number of carbonyl (C=O) groups excluding carboxylic acids is 1. The van der Waals surface area contributed by atoms with Crippen LogP contribution in [0.3, 0.4) is 0 Å². The molecule has 1 N–H and O–H groups in total. The van der Waals surface area contributed by atoms with E-state index in [4.69, 9.17) is 0 Å². The third kappa shape index (κ3) is 4.43. The minimum Gasteiger partial charge on any atom is -0.325 e. The van der Waals surface area contributed by atoms with E-state index in [9.17, 15) is 4.79 Å². The number of amides is 1. The summed E-state index contributed by atoms with van der Waals surface area (Å²) in [5.74, 6) is 0.0114. The van der Waals surface area contributed by atoms with Gasteiger partial charge in [0.05, 0.1) is 6.04 Å².